The van der Waals surface area contributed by atoms with Crippen LogP contribution in [0, 0.1) is 6.92 Å². The summed E-state index contributed by atoms with van der Waals surface area (Å²) in [5.41, 5.74) is 1.93. The molecule has 0 aliphatic heterocycles. The Morgan fingerprint density at radius 3 is 2.47 bits per heavy atom. The Labute approximate surface area is 91.6 Å². The molecule has 0 aromatic heterocycles. The van der Waals surface area contributed by atoms with Crippen LogP contribution in [-0.2, 0) is 5.41 Å². The van der Waals surface area contributed by atoms with Crippen LogP contribution in [0.25, 0.3) is 0 Å². The summed E-state index contributed by atoms with van der Waals surface area (Å²) in [5, 5.41) is 19.0. The minimum absolute atomic E-state index is 0.135. The van der Waals surface area contributed by atoms with Crippen molar-refractivity contribution in [1.82, 2.24) is 0 Å². The summed E-state index contributed by atoms with van der Waals surface area (Å²) >= 11 is 0. The molecule has 1 atom stereocenters. The van der Waals surface area contributed by atoms with E-state index in [9.17, 15) is 5.11 Å². The average Bonchev–Trinajstić information content (AvgIpc) is 2.18. The molecular formula is C13H20O2. The molecule has 1 aromatic carbocycles. The summed E-state index contributed by atoms with van der Waals surface area (Å²) in [4.78, 5) is 0. The van der Waals surface area contributed by atoms with Crippen LogP contribution in [-0.4, -0.2) is 16.8 Å². The van der Waals surface area contributed by atoms with Crippen LogP contribution in [0.4, 0.5) is 0 Å². The van der Waals surface area contributed by atoms with Crippen molar-refractivity contribution in [2.24, 2.45) is 0 Å². The Balaban J connectivity index is 3.22. The lowest BCUT2D eigenvalue weighted by Crippen LogP contribution is -2.23. The van der Waals surface area contributed by atoms with Crippen LogP contribution in [0.3, 0.4) is 0 Å². The largest absolute Gasteiger partial charge is 0.508 e. The molecule has 15 heavy (non-hydrogen) atoms. The van der Waals surface area contributed by atoms with E-state index in [1.807, 2.05) is 19.1 Å². The molecule has 0 fully saturated rings. The standard InChI is InChI=1S/C13H20O2/c1-4-13(3,8-9-14)12-10(2)6-5-7-11(12)15/h5-7,14-15H,4,8-9H2,1-3H3. The number of aliphatic hydroxyl groups excluding tert-OH is 1. The van der Waals surface area contributed by atoms with Gasteiger partial charge in [-0.15, -0.1) is 0 Å². The van der Waals surface area contributed by atoms with Gasteiger partial charge in [0.25, 0.3) is 0 Å². The fourth-order valence-electron chi connectivity index (χ4n) is 2.16. The summed E-state index contributed by atoms with van der Waals surface area (Å²) in [6.45, 7) is 6.32. The van der Waals surface area contributed by atoms with Gasteiger partial charge in [-0.25, -0.2) is 0 Å². The molecule has 1 aromatic rings. The molecule has 0 bridgehead atoms. The lowest BCUT2D eigenvalue weighted by molar-refractivity contribution is 0.238. The van der Waals surface area contributed by atoms with Gasteiger partial charge in [-0.3, -0.25) is 0 Å². The second-order valence-corrected chi connectivity index (χ2v) is 4.36. The Kier molecular flexibility index (Phi) is 3.75. The molecule has 0 radical (unpaired) electrons. The maximum Gasteiger partial charge on any atom is 0.119 e. The first-order chi connectivity index (χ1) is 7.05. The molecule has 0 heterocycles. The first-order valence-electron chi connectivity index (χ1n) is 5.45. The van der Waals surface area contributed by atoms with Crippen molar-refractivity contribution < 1.29 is 10.2 Å². The van der Waals surface area contributed by atoms with Crippen molar-refractivity contribution in [3.63, 3.8) is 0 Å². The maximum absolute atomic E-state index is 9.90. The third-order valence-electron chi connectivity index (χ3n) is 3.30. The van der Waals surface area contributed by atoms with E-state index in [0.717, 1.165) is 17.5 Å². The van der Waals surface area contributed by atoms with E-state index in [1.54, 1.807) is 6.07 Å². The van der Waals surface area contributed by atoms with Gasteiger partial charge in [-0.05, 0) is 36.8 Å². The highest BCUT2D eigenvalue weighted by Gasteiger charge is 2.28. The van der Waals surface area contributed by atoms with Gasteiger partial charge in [-0.1, -0.05) is 26.0 Å². The molecule has 0 amide bonds. The Hall–Kier alpha value is -1.02. The number of aryl methyl sites for hydroxylation is 1. The fourth-order valence-corrected chi connectivity index (χ4v) is 2.16. The Morgan fingerprint density at radius 1 is 1.33 bits per heavy atom. The highest BCUT2D eigenvalue weighted by atomic mass is 16.3. The number of hydrogen-bond acceptors (Lipinski definition) is 2. The minimum Gasteiger partial charge on any atom is -0.508 e. The van der Waals surface area contributed by atoms with Crippen LogP contribution in [0.15, 0.2) is 18.2 Å². The molecule has 2 heteroatoms. The van der Waals surface area contributed by atoms with Crippen molar-refractivity contribution in [2.45, 2.75) is 39.0 Å². The van der Waals surface area contributed by atoms with Crippen molar-refractivity contribution >= 4 is 0 Å². The van der Waals surface area contributed by atoms with Crippen LogP contribution in [0.5, 0.6) is 5.75 Å². The Morgan fingerprint density at radius 2 is 2.00 bits per heavy atom. The smallest absolute Gasteiger partial charge is 0.119 e. The van der Waals surface area contributed by atoms with E-state index in [4.69, 9.17) is 5.11 Å². The summed E-state index contributed by atoms with van der Waals surface area (Å²) in [5.74, 6) is 0.341. The molecular weight excluding hydrogens is 188 g/mol. The molecule has 1 unspecified atom stereocenters. The van der Waals surface area contributed by atoms with Crippen molar-refractivity contribution in [2.75, 3.05) is 6.61 Å². The lowest BCUT2D eigenvalue weighted by Gasteiger charge is -2.30. The van der Waals surface area contributed by atoms with Crippen molar-refractivity contribution in [3.05, 3.63) is 29.3 Å². The zero-order valence-electron chi connectivity index (χ0n) is 9.75. The Bertz CT molecular complexity index is 313. The predicted molar refractivity (Wildman–Crippen MR) is 62.2 cm³/mol. The molecule has 1 rings (SSSR count). The molecule has 84 valence electrons. The summed E-state index contributed by atoms with van der Waals surface area (Å²) in [6.07, 6.45) is 1.59. The summed E-state index contributed by atoms with van der Waals surface area (Å²) in [7, 11) is 0. The van der Waals surface area contributed by atoms with Gasteiger partial charge in [0, 0.05) is 12.2 Å². The van der Waals surface area contributed by atoms with Crippen molar-refractivity contribution in [3.8, 4) is 5.75 Å². The zero-order chi connectivity index (χ0) is 11.5. The molecule has 0 saturated carbocycles. The van der Waals surface area contributed by atoms with E-state index in [0.29, 0.717) is 12.2 Å². The van der Waals surface area contributed by atoms with Crippen LogP contribution in [0.1, 0.15) is 37.8 Å². The number of phenols is 1. The van der Waals surface area contributed by atoms with Crippen LogP contribution < -0.4 is 0 Å². The van der Waals surface area contributed by atoms with E-state index in [-0.39, 0.29) is 12.0 Å². The van der Waals surface area contributed by atoms with E-state index in [1.165, 1.54) is 0 Å². The average molecular weight is 208 g/mol. The number of benzene rings is 1. The van der Waals surface area contributed by atoms with Gasteiger partial charge in [0.2, 0.25) is 0 Å². The number of rotatable bonds is 4. The van der Waals surface area contributed by atoms with E-state index < -0.39 is 0 Å². The zero-order valence-corrected chi connectivity index (χ0v) is 9.75. The van der Waals surface area contributed by atoms with Gasteiger partial charge in [0.15, 0.2) is 0 Å². The van der Waals surface area contributed by atoms with Gasteiger partial charge < -0.3 is 10.2 Å². The second-order valence-electron chi connectivity index (χ2n) is 4.36. The van der Waals surface area contributed by atoms with Gasteiger partial charge in [-0.2, -0.15) is 0 Å². The summed E-state index contributed by atoms with van der Waals surface area (Å²) in [6, 6.07) is 5.57. The predicted octanol–water partition coefficient (Wildman–Crippen LogP) is 2.75. The lowest BCUT2D eigenvalue weighted by atomic mass is 9.75. The first kappa shape index (κ1) is 12.1. The van der Waals surface area contributed by atoms with Gasteiger partial charge in [0.1, 0.15) is 5.75 Å². The normalized spacial score (nSPS) is 14.9. The highest BCUT2D eigenvalue weighted by Crippen LogP contribution is 2.38. The number of aromatic hydroxyl groups is 1. The molecule has 0 aliphatic rings. The molecule has 2 N–H and O–H groups in total. The van der Waals surface area contributed by atoms with Crippen LogP contribution >= 0.6 is 0 Å². The number of hydrogen-bond donors (Lipinski definition) is 2. The molecule has 2 nitrogen and oxygen atoms in total. The third kappa shape index (κ3) is 2.32. The summed E-state index contributed by atoms with van der Waals surface area (Å²) < 4.78 is 0. The van der Waals surface area contributed by atoms with Crippen molar-refractivity contribution in [1.29, 1.82) is 0 Å². The second kappa shape index (κ2) is 4.67. The third-order valence-corrected chi connectivity index (χ3v) is 3.30. The molecule has 0 aliphatic carbocycles. The minimum atomic E-state index is -0.135. The molecule has 0 spiro atoms. The number of phenolic OH excluding ortho intramolecular Hbond substituents is 1. The maximum atomic E-state index is 9.90. The first-order valence-corrected chi connectivity index (χ1v) is 5.45. The van der Waals surface area contributed by atoms with E-state index in [2.05, 4.69) is 13.8 Å². The SMILES string of the molecule is CCC(C)(CCO)c1c(C)cccc1O. The monoisotopic (exact) mass is 208 g/mol. The fraction of sp³-hybridized carbons (Fsp3) is 0.538. The molecule has 0 saturated heterocycles. The topological polar surface area (TPSA) is 40.5 Å². The van der Waals surface area contributed by atoms with E-state index >= 15 is 0 Å². The quantitative estimate of drug-likeness (QED) is 0.798. The van der Waals surface area contributed by atoms with Gasteiger partial charge in [0.05, 0.1) is 0 Å². The van der Waals surface area contributed by atoms with Crippen LogP contribution in [0.2, 0.25) is 0 Å². The highest BCUT2D eigenvalue weighted by molar-refractivity contribution is 5.43. The van der Waals surface area contributed by atoms with Gasteiger partial charge >= 0.3 is 0 Å². The number of aliphatic hydroxyl groups is 1.